The molecule has 0 atom stereocenters. The molecule has 7 heteroatoms. The molecular formula is C28H36N6O. The minimum Gasteiger partial charge on any atom is -0.315 e. The van der Waals surface area contributed by atoms with Crippen LogP contribution in [0.2, 0.25) is 0 Å². The predicted octanol–water partition coefficient (Wildman–Crippen LogP) is 4.88. The van der Waals surface area contributed by atoms with Crippen molar-refractivity contribution in [2.24, 2.45) is 5.41 Å². The van der Waals surface area contributed by atoms with E-state index in [1.165, 1.54) is 5.56 Å². The molecule has 7 nitrogen and oxygen atoms in total. The van der Waals surface area contributed by atoms with Gasteiger partial charge in [-0.25, -0.2) is 14.8 Å². The third-order valence-electron chi connectivity index (χ3n) is 9.10. The molecule has 0 N–H and O–H groups in total. The number of amides is 2. The summed E-state index contributed by atoms with van der Waals surface area (Å²) in [4.78, 5) is 29.0. The number of rotatable bonds is 6. The summed E-state index contributed by atoms with van der Waals surface area (Å²) in [5.74, 6) is 0.692. The topological polar surface area (TPSA) is 76.4 Å². The van der Waals surface area contributed by atoms with Gasteiger partial charge in [0.05, 0.1) is 41.6 Å². The average molecular weight is 473 g/mol. The van der Waals surface area contributed by atoms with Crippen molar-refractivity contribution in [1.82, 2.24) is 19.8 Å². The molecule has 2 heterocycles. The Hall–Kier alpha value is -2.98. The van der Waals surface area contributed by atoms with Gasteiger partial charge >= 0.3 is 6.03 Å². The second-order valence-corrected chi connectivity index (χ2v) is 10.8. The van der Waals surface area contributed by atoms with Crippen LogP contribution in [0.3, 0.4) is 0 Å². The molecule has 0 radical (unpaired) electrons. The summed E-state index contributed by atoms with van der Waals surface area (Å²) in [6.45, 7) is 6.18. The number of carbonyl (C=O) groups excluding carboxylic acids is 1. The molecule has 1 aromatic carbocycles. The molecule has 2 saturated carbocycles. The maximum atomic E-state index is 13.9. The van der Waals surface area contributed by atoms with E-state index in [2.05, 4.69) is 70.1 Å². The van der Waals surface area contributed by atoms with Gasteiger partial charge < -0.3 is 4.90 Å². The number of hydrogen-bond donors (Lipinski definition) is 0. The summed E-state index contributed by atoms with van der Waals surface area (Å²) in [6, 6.07) is 13.4. The zero-order valence-electron chi connectivity index (χ0n) is 21.2. The smallest absolute Gasteiger partial charge is 0.315 e. The number of urea groups is 1. The molecule has 1 saturated heterocycles. The summed E-state index contributed by atoms with van der Waals surface area (Å²) in [5, 5.41) is 9.99. The van der Waals surface area contributed by atoms with Crippen LogP contribution >= 0.6 is 0 Å². The third kappa shape index (κ3) is 3.88. The lowest BCUT2D eigenvalue weighted by Crippen LogP contribution is -2.58. The Morgan fingerprint density at radius 1 is 1.06 bits per heavy atom. The van der Waals surface area contributed by atoms with Crippen molar-refractivity contribution in [1.29, 1.82) is 5.26 Å². The average Bonchev–Trinajstić information content (AvgIpc) is 3.13. The summed E-state index contributed by atoms with van der Waals surface area (Å²) < 4.78 is 0. The number of hydrogen-bond acceptors (Lipinski definition) is 5. The van der Waals surface area contributed by atoms with Gasteiger partial charge in [-0.2, -0.15) is 5.26 Å². The highest BCUT2D eigenvalue weighted by Crippen LogP contribution is 2.52. The number of aryl methyl sites for hydroxylation is 1. The molecule has 2 aliphatic carbocycles. The van der Waals surface area contributed by atoms with Crippen LogP contribution in [-0.4, -0.2) is 58.0 Å². The second kappa shape index (κ2) is 8.91. The summed E-state index contributed by atoms with van der Waals surface area (Å²) in [7, 11) is 2.22. The van der Waals surface area contributed by atoms with E-state index in [1.807, 2.05) is 11.8 Å². The second-order valence-electron chi connectivity index (χ2n) is 10.8. The Kier molecular flexibility index (Phi) is 6.04. The van der Waals surface area contributed by atoms with E-state index < -0.39 is 5.41 Å². The number of nitriles is 1. The largest absolute Gasteiger partial charge is 0.325 e. The first-order valence-electron chi connectivity index (χ1n) is 12.9. The van der Waals surface area contributed by atoms with Gasteiger partial charge in [-0.15, -0.1) is 0 Å². The summed E-state index contributed by atoms with van der Waals surface area (Å²) in [6.07, 6.45) is 10.1. The van der Waals surface area contributed by atoms with E-state index in [9.17, 15) is 10.1 Å². The molecule has 2 aromatic rings. The van der Waals surface area contributed by atoms with E-state index in [4.69, 9.17) is 0 Å². The lowest BCUT2D eigenvalue weighted by molar-refractivity contribution is 0.000798. The van der Waals surface area contributed by atoms with E-state index in [-0.39, 0.29) is 17.1 Å². The van der Waals surface area contributed by atoms with Crippen LogP contribution in [0.25, 0.3) is 0 Å². The van der Waals surface area contributed by atoms with Gasteiger partial charge in [0.1, 0.15) is 5.82 Å². The van der Waals surface area contributed by atoms with Crippen molar-refractivity contribution in [2.75, 3.05) is 31.6 Å². The first-order valence-corrected chi connectivity index (χ1v) is 12.9. The van der Waals surface area contributed by atoms with Crippen LogP contribution in [-0.2, 0) is 5.54 Å². The van der Waals surface area contributed by atoms with E-state index in [0.29, 0.717) is 18.9 Å². The summed E-state index contributed by atoms with van der Waals surface area (Å²) >= 11 is 0. The Morgan fingerprint density at radius 2 is 1.71 bits per heavy atom. The lowest BCUT2D eigenvalue weighted by Gasteiger charge is -2.53. The molecule has 184 valence electrons. The fourth-order valence-electron chi connectivity index (χ4n) is 6.47. The molecule has 1 aromatic heterocycles. The van der Waals surface area contributed by atoms with Crippen LogP contribution in [0.5, 0.6) is 0 Å². The number of nitrogens with zero attached hydrogens (tertiary/aromatic N) is 6. The Labute approximate surface area is 208 Å². The van der Waals surface area contributed by atoms with Crippen LogP contribution < -0.4 is 4.90 Å². The third-order valence-corrected chi connectivity index (χ3v) is 9.10. The molecule has 2 amide bonds. The van der Waals surface area contributed by atoms with Gasteiger partial charge in [-0.05, 0) is 64.6 Å². The maximum absolute atomic E-state index is 13.9. The number of carbonyl (C=O) groups is 1. The van der Waals surface area contributed by atoms with Crippen LogP contribution in [0, 0.1) is 23.7 Å². The number of aromatic nitrogens is 2. The Bertz CT molecular complexity index is 1100. The minimum absolute atomic E-state index is 0.00460. The molecule has 3 fully saturated rings. The number of anilines is 1. The van der Waals surface area contributed by atoms with Crippen molar-refractivity contribution in [3.05, 3.63) is 54.1 Å². The summed E-state index contributed by atoms with van der Waals surface area (Å²) in [5.41, 5.74) is 1.36. The molecule has 3 aliphatic rings. The minimum atomic E-state index is -0.406. The fourth-order valence-corrected chi connectivity index (χ4v) is 6.47. The van der Waals surface area contributed by atoms with Crippen LogP contribution in [0.4, 0.5) is 10.5 Å². The van der Waals surface area contributed by atoms with Gasteiger partial charge in [-0.1, -0.05) is 43.7 Å². The molecule has 1 spiro atoms. The zero-order chi connectivity index (χ0) is 24.7. The van der Waals surface area contributed by atoms with Crippen molar-refractivity contribution in [3.63, 3.8) is 0 Å². The standard InChI is InChI=1S/C28H36N6O/c1-4-32(3)28(23-9-6-5-7-10-23)15-13-27(14-16-28)21-33(24-17-30-22(2)31-18-24)25(35)34(27)20-26(19-29)11-8-12-26/h5-7,9-10,17-18H,4,8,11-16,20-21H2,1-3H3. The van der Waals surface area contributed by atoms with Gasteiger partial charge in [0.15, 0.2) is 0 Å². The predicted molar refractivity (Wildman–Crippen MR) is 136 cm³/mol. The van der Waals surface area contributed by atoms with Gasteiger partial charge in [0, 0.05) is 12.1 Å². The molecule has 5 rings (SSSR count). The van der Waals surface area contributed by atoms with E-state index in [0.717, 1.165) is 57.2 Å². The number of benzene rings is 1. The van der Waals surface area contributed by atoms with Crippen LogP contribution in [0.1, 0.15) is 63.3 Å². The monoisotopic (exact) mass is 472 g/mol. The van der Waals surface area contributed by atoms with E-state index in [1.54, 1.807) is 12.4 Å². The van der Waals surface area contributed by atoms with Crippen molar-refractivity contribution < 1.29 is 4.79 Å². The van der Waals surface area contributed by atoms with Crippen LogP contribution in [0.15, 0.2) is 42.7 Å². The van der Waals surface area contributed by atoms with Crippen molar-refractivity contribution in [2.45, 2.75) is 69.9 Å². The quantitative estimate of drug-likeness (QED) is 0.599. The Morgan fingerprint density at radius 3 is 2.26 bits per heavy atom. The maximum Gasteiger partial charge on any atom is 0.325 e. The normalized spacial score (nSPS) is 27.8. The first-order chi connectivity index (χ1) is 16.9. The van der Waals surface area contributed by atoms with Gasteiger partial charge in [0.25, 0.3) is 0 Å². The first kappa shape index (κ1) is 23.7. The fraction of sp³-hybridized carbons (Fsp3) is 0.571. The Balaban J connectivity index is 1.49. The highest BCUT2D eigenvalue weighted by molar-refractivity contribution is 5.95. The highest BCUT2D eigenvalue weighted by Gasteiger charge is 2.57. The van der Waals surface area contributed by atoms with Crippen molar-refractivity contribution >= 4 is 11.7 Å². The molecule has 1 aliphatic heterocycles. The molecular weight excluding hydrogens is 436 g/mol. The zero-order valence-corrected chi connectivity index (χ0v) is 21.2. The van der Waals surface area contributed by atoms with Crippen molar-refractivity contribution in [3.8, 4) is 6.07 Å². The molecule has 35 heavy (non-hydrogen) atoms. The SMILES string of the molecule is CCN(C)C1(c2ccccc2)CCC2(CC1)CN(c1cnc(C)nc1)C(=O)N2CC1(C#N)CCC1. The highest BCUT2D eigenvalue weighted by atomic mass is 16.2. The van der Waals surface area contributed by atoms with Gasteiger partial charge in [-0.3, -0.25) is 9.80 Å². The lowest BCUT2D eigenvalue weighted by atomic mass is 9.66. The molecule has 0 bridgehead atoms. The van der Waals surface area contributed by atoms with Gasteiger partial charge in [0.2, 0.25) is 0 Å². The molecule has 0 unspecified atom stereocenters. The van der Waals surface area contributed by atoms with E-state index >= 15 is 0 Å².